The Balaban J connectivity index is 0.00000218. The van der Waals surface area contributed by atoms with Crippen LogP contribution in [0.25, 0.3) is 5.69 Å². The van der Waals surface area contributed by atoms with Gasteiger partial charge in [-0.05, 0) is 44.4 Å². The second-order valence-electron chi connectivity index (χ2n) is 8.32. The average molecular weight is 525 g/mol. The molecule has 0 aliphatic carbocycles. The molecule has 0 saturated carbocycles. The van der Waals surface area contributed by atoms with Crippen molar-refractivity contribution in [1.29, 1.82) is 0 Å². The predicted octanol–water partition coefficient (Wildman–Crippen LogP) is 3.51. The van der Waals surface area contributed by atoms with Crippen molar-refractivity contribution in [2.45, 2.75) is 45.4 Å². The number of ether oxygens (including phenoxy) is 1. The van der Waals surface area contributed by atoms with Crippen LogP contribution in [0.15, 0.2) is 35.6 Å². The van der Waals surface area contributed by atoms with Gasteiger partial charge < -0.3 is 19.5 Å². The molecule has 4 atom stereocenters. The lowest BCUT2D eigenvalue weighted by atomic mass is 9.82. The highest BCUT2D eigenvalue weighted by atomic mass is 127. The molecule has 2 aromatic rings. The Hall–Kier alpha value is -1.68. The first kappa shape index (κ1) is 21.5. The summed E-state index contributed by atoms with van der Waals surface area (Å²) in [5.74, 6) is 2.70. The van der Waals surface area contributed by atoms with Crippen LogP contribution in [-0.4, -0.2) is 52.3 Å². The summed E-state index contributed by atoms with van der Waals surface area (Å²) in [5, 5.41) is 3.42. The first-order valence-corrected chi connectivity index (χ1v) is 10.6. The molecule has 3 aliphatic rings. The fourth-order valence-electron chi connectivity index (χ4n) is 5.20. The van der Waals surface area contributed by atoms with Gasteiger partial charge in [0, 0.05) is 43.9 Å². The standard InChI is InChI=1S/C22H28FN5O.HI/c1-3-24-22(27-12-16-17(13-27)21-7-6-20(16)29-21)26-11-15-4-5-19(18(23)10-15)28-9-8-25-14(28)2;/h4-5,8-10,16-17,20-21H,3,6-7,11-13H2,1-2H3,(H,24,26);1H. The summed E-state index contributed by atoms with van der Waals surface area (Å²) in [6.45, 7) is 7.23. The van der Waals surface area contributed by atoms with Crippen LogP contribution in [0.2, 0.25) is 0 Å². The van der Waals surface area contributed by atoms with E-state index in [1.165, 1.54) is 12.8 Å². The van der Waals surface area contributed by atoms with E-state index in [0.717, 1.165) is 37.0 Å². The molecule has 3 fully saturated rings. The van der Waals surface area contributed by atoms with E-state index in [0.29, 0.717) is 36.3 Å². The molecule has 0 radical (unpaired) electrons. The summed E-state index contributed by atoms with van der Waals surface area (Å²) in [6, 6.07) is 5.32. The topological polar surface area (TPSA) is 54.7 Å². The molecule has 4 heterocycles. The van der Waals surface area contributed by atoms with Gasteiger partial charge in [-0.15, -0.1) is 24.0 Å². The Labute approximate surface area is 193 Å². The zero-order valence-electron chi connectivity index (χ0n) is 17.4. The van der Waals surface area contributed by atoms with E-state index in [1.807, 2.05) is 13.0 Å². The lowest BCUT2D eigenvalue weighted by Gasteiger charge is -2.23. The number of fused-ring (bicyclic) bond motifs is 5. The maximum absolute atomic E-state index is 14.7. The number of aromatic nitrogens is 2. The van der Waals surface area contributed by atoms with Crippen LogP contribution in [0.5, 0.6) is 0 Å². The van der Waals surface area contributed by atoms with E-state index < -0.39 is 0 Å². The molecule has 6 nitrogen and oxygen atoms in total. The number of nitrogens with one attached hydrogen (secondary N) is 1. The number of hydrogen-bond acceptors (Lipinski definition) is 3. The second kappa shape index (κ2) is 8.82. The number of halogens is 2. The third kappa shape index (κ3) is 3.84. The zero-order valence-corrected chi connectivity index (χ0v) is 19.8. The van der Waals surface area contributed by atoms with Crippen LogP contribution >= 0.6 is 24.0 Å². The Morgan fingerprint density at radius 3 is 2.60 bits per heavy atom. The minimum absolute atomic E-state index is 0. The van der Waals surface area contributed by atoms with E-state index in [1.54, 1.807) is 29.1 Å². The molecule has 1 aromatic heterocycles. The molecule has 1 N–H and O–H groups in total. The molecule has 1 aromatic carbocycles. The highest BCUT2D eigenvalue weighted by molar-refractivity contribution is 14.0. The SMILES string of the molecule is CCNC(=NCc1ccc(-n2ccnc2C)c(F)c1)N1CC2C3CCC(O3)C2C1.I. The quantitative estimate of drug-likeness (QED) is 0.377. The first-order valence-electron chi connectivity index (χ1n) is 10.6. The smallest absolute Gasteiger partial charge is 0.194 e. The summed E-state index contributed by atoms with van der Waals surface area (Å²) in [5.41, 5.74) is 1.38. The molecule has 30 heavy (non-hydrogen) atoms. The van der Waals surface area contributed by atoms with Crippen molar-refractivity contribution in [3.63, 3.8) is 0 Å². The minimum atomic E-state index is -0.256. The van der Waals surface area contributed by atoms with Crippen molar-refractivity contribution in [3.8, 4) is 5.69 Å². The van der Waals surface area contributed by atoms with Crippen molar-refractivity contribution in [1.82, 2.24) is 19.8 Å². The van der Waals surface area contributed by atoms with Crippen LogP contribution in [0.3, 0.4) is 0 Å². The number of imidazole rings is 1. The summed E-state index contributed by atoms with van der Waals surface area (Å²) < 4.78 is 22.5. The minimum Gasteiger partial charge on any atom is -0.374 e. The Kier molecular flexibility index (Phi) is 6.34. The van der Waals surface area contributed by atoms with Gasteiger partial charge in [0.15, 0.2) is 5.96 Å². The average Bonchev–Trinajstić information content (AvgIpc) is 3.47. The molecule has 8 heteroatoms. The van der Waals surface area contributed by atoms with Crippen LogP contribution in [0.4, 0.5) is 4.39 Å². The first-order chi connectivity index (χ1) is 14.1. The van der Waals surface area contributed by atoms with Gasteiger partial charge in [0.2, 0.25) is 0 Å². The Morgan fingerprint density at radius 2 is 2.00 bits per heavy atom. The molecular formula is C22H29FIN5O. The van der Waals surface area contributed by atoms with Gasteiger partial charge in [0.25, 0.3) is 0 Å². The number of rotatable bonds is 4. The molecule has 162 valence electrons. The van der Waals surface area contributed by atoms with Gasteiger partial charge in [-0.25, -0.2) is 14.4 Å². The third-order valence-corrected chi connectivity index (χ3v) is 6.60. The number of hydrogen-bond donors (Lipinski definition) is 1. The molecule has 3 saturated heterocycles. The van der Waals surface area contributed by atoms with Gasteiger partial charge in [0.1, 0.15) is 11.6 Å². The van der Waals surface area contributed by atoms with Gasteiger partial charge in [-0.1, -0.05) is 6.07 Å². The number of nitrogens with zero attached hydrogens (tertiary/aromatic N) is 4. The molecule has 2 bridgehead atoms. The summed E-state index contributed by atoms with van der Waals surface area (Å²) in [6.07, 6.45) is 6.73. The largest absolute Gasteiger partial charge is 0.374 e. The lowest BCUT2D eigenvalue weighted by Crippen LogP contribution is -2.41. The fraction of sp³-hybridized carbons (Fsp3) is 0.545. The number of benzene rings is 1. The van der Waals surface area contributed by atoms with E-state index >= 15 is 0 Å². The van der Waals surface area contributed by atoms with Crippen molar-refractivity contribution < 1.29 is 9.13 Å². The number of aryl methyl sites for hydroxylation is 1. The van der Waals surface area contributed by atoms with Gasteiger partial charge >= 0.3 is 0 Å². The van der Waals surface area contributed by atoms with Crippen molar-refractivity contribution >= 4 is 29.9 Å². The maximum Gasteiger partial charge on any atom is 0.194 e. The summed E-state index contributed by atoms with van der Waals surface area (Å²) in [4.78, 5) is 11.4. The molecule has 4 unspecified atom stereocenters. The monoisotopic (exact) mass is 525 g/mol. The molecular weight excluding hydrogens is 496 g/mol. The summed E-state index contributed by atoms with van der Waals surface area (Å²) in [7, 11) is 0. The van der Waals surface area contributed by atoms with Gasteiger partial charge in [0.05, 0.1) is 24.4 Å². The van der Waals surface area contributed by atoms with Crippen LogP contribution in [0, 0.1) is 24.6 Å². The van der Waals surface area contributed by atoms with E-state index in [4.69, 9.17) is 9.73 Å². The zero-order chi connectivity index (χ0) is 20.0. The molecule has 3 aliphatic heterocycles. The highest BCUT2D eigenvalue weighted by Gasteiger charge is 2.53. The van der Waals surface area contributed by atoms with E-state index in [2.05, 4.69) is 22.1 Å². The lowest BCUT2D eigenvalue weighted by molar-refractivity contribution is 0.0767. The second-order valence-corrected chi connectivity index (χ2v) is 8.32. The normalized spacial score (nSPS) is 27.3. The number of likely N-dealkylation sites (tertiary alicyclic amines) is 1. The van der Waals surface area contributed by atoms with Crippen molar-refractivity contribution in [2.24, 2.45) is 16.8 Å². The van der Waals surface area contributed by atoms with Gasteiger partial charge in [-0.2, -0.15) is 0 Å². The van der Waals surface area contributed by atoms with Crippen LogP contribution in [-0.2, 0) is 11.3 Å². The Bertz CT molecular complexity index is 914. The molecule has 5 rings (SSSR count). The maximum atomic E-state index is 14.7. The van der Waals surface area contributed by atoms with Crippen molar-refractivity contribution in [3.05, 3.63) is 47.8 Å². The van der Waals surface area contributed by atoms with E-state index in [9.17, 15) is 4.39 Å². The van der Waals surface area contributed by atoms with Gasteiger partial charge in [-0.3, -0.25) is 0 Å². The van der Waals surface area contributed by atoms with Crippen LogP contribution in [0.1, 0.15) is 31.2 Å². The fourth-order valence-corrected chi connectivity index (χ4v) is 5.20. The number of aliphatic imine (C=N–C) groups is 1. The van der Waals surface area contributed by atoms with E-state index in [-0.39, 0.29) is 29.8 Å². The third-order valence-electron chi connectivity index (χ3n) is 6.60. The molecule has 0 amide bonds. The highest BCUT2D eigenvalue weighted by Crippen LogP contribution is 2.47. The van der Waals surface area contributed by atoms with Crippen molar-refractivity contribution in [2.75, 3.05) is 19.6 Å². The number of guanidine groups is 1. The molecule has 0 spiro atoms. The van der Waals surface area contributed by atoms with Crippen LogP contribution < -0.4 is 5.32 Å². The summed E-state index contributed by atoms with van der Waals surface area (Å²) >= 11 is 0. The predicted molar refractivity (Wildman–Crippen MR) is 125 cm³/mol. The Morgan fingerprint density at radius 1 is 1.27 bits per heavy atom.